The second-order valence-corrected chi connectivity index (χ2v) is 10.7. The van der Waals surface area contributed by atoms with Gasteiger partial charge in [-0.05, 0) is 62.6 Å². The number of carbonyl (C=O) groups excluding carboxylic acids is 1. The molecular weight excluding hydrogens is 428 g/mol. The number of sulfonamides is 1. The lowest BCUT2D eigenvalue weighted by atomic mass is 10.1. The molecule has 1 aliphatic rings. The highest BCUT2D eigenvalue weighted by molar-refractivity contribution is 7.98. The molecule has 2 aromatic rings. The van der Waals surface area contributed by atoms with Crippen molar-refractivity contribution >= 4 is 27.7 Å². The van der Waals surface area contributed by atoms with Crippen molar-refractivity contribution in [2.75, 3.05) is 19.3 Å². The number of thioether (sulfide) groups is 1. The molecule has 5 nitrogen and oxygen atoms in total. The molecule has 2 aromatic carbocycles. The third-order valence-corrected chi connectivity index (χ3v) is 8.05. The predicted octanol–water partition coefficient (Wildman–Crippen LogP) is 4.72. The number of rotatable bonds is 8. The van der Waals surface area contributed by atoms with Crippen LogP contribution in [0.4, 0.5) is 0 Å². The predicted molar refractivity (Wildman–Crippen MR) is 127 cm³/mol. The van der Waals surface area contributed by atoms with Crippen molar-refractivity contribution in [3.8, 4) is 0 Å². The number of amides is 1. The SMILES string of the molecule is CSc1ccc(S(=O)(=O)N[C@@H](C)CCc2ccccc2)cc1C(=O)N1CCCCCC1. The summed E-state index contributed by atoms with van der Waals surface area (Å²) in [6.07, 6.45) is 7.68. The highest BCUT2D eigenvalue weighted by atomic mass is 32.2. The van der Waals surface area contributed by atoms with Gasteiger partial charge in [0.25, 0.3) is 5.91 Å². The fraction of sp³-hybridized carbons (Fsp3) is 0.458. The molecule has 1 atom stereocenters. The minimum atomic E-state index is -3.71. The van der Waals surface area contributed by atoms with Gasteiger partial charge in [-0.15, -0.1) is 11.8 Å². The number of aryl methyl sites for hydroxylation is 1. The quantitative estimate of drug-likeness (QED) is 0.579. The maximum atomic E-state index is 13.2. The first-order valence-corrected chi connectivity index (χ1v) is 13.6. The summed E-state index contributed by atoms with van der Waals surface area (Å²) in [5.41, 5.74) is 1.66. The molecule has 1 aliphatic heterocycles. The van der Waals surface area contributed by atoms with E-state index in [9.17, 15) is 13.2 Å². The minimum Gasteiger partial charge on any atom is -0.339 e. The maximum absolute atomic E-state index is 13.2. The Morgan fingerprint density at radius 2 is 1.74 bits per heavy atom. The topological polar surface area (TPSA) is 66.5 Å². The Kier molecular flexibility index (Phi) is 8.58. The van der Waals surface area contributed by atoms with Crippen LogP contribution in [0.2, 0.25) is 0 Å². The van der Waals surface area contributed by atoms with Crippen molar-refractivity contribution in [1.29, 1.82) is 0 Å². The summed E-state index contributed by atoms with van der Waals surface area (Å²) in [5.74, 6) is -0.0690. The lowest BCUT2D eigenvalue weighted by Crippen LogP contribution is -2.34. The van der Waals surface area contributed by atoms with Crippen molar-refractivity contribution in [1.82, 2.24) is 9.62 Å². The summed E-state index contributed by atoms with van der Waals surface area (Å²) in [6.45, 7) is 3.34. The number of carbonyl (C=O) groups is 1. The van der Waals surface area contributed by atoms with Gasteiger partial charge in [-0.2, -0.15) is 0 Å². The molecule has 0 spiro atoms. The van der Waals surface area contributed by atoms with Gasteiger partial charge < -0.3 is 4.90 Å². The number of hydrogen-bond donors (Lipinski definition) is 1. The molecule has 0 aliphatic carbocycles. The zero-order chi connectivity index (χ0) is 22.3. The van der Waals surface area contributed by atoms with Gasteiger partial charge in [0, 0.05) is 24.0 Å². The lowest BCUT2D eigenvalue weighted by Gasteiger charge is -2.22. The zero-order valence-electron chi connectivity index (χ0n) is 18.3. The van der Waals surface area contributed by atoms with Crippen LogP contribution in [0.5, 0.6) is 0 Å². The van der Waals surface area contributed by atoms with Gasteiger partial charge in [-0.3, -0.25) is 4.79 Å². The minimum absolute atomic E-state index is 0.0690. The molecule has 0 saturated carbocycles. The van der Waals surface area contributed by atoms with Crippen LogP contribution >= 0.6 is 11.8 Å². The largest absolute Gasteiger partial charge is 0.339 e. The van der Waals surface area contributed by atoms with E-state index in [0.29, 0.717) is 12.0 Å². The van der Waals surface area contributed by atoms with Crippen LogP contribution in [0.25, 0.3) is 0 Å². The number of nitrogens with zero attached hydrogens (tertiary/aromatic N) is 1. The molecule has 0 bridgehead atoms. The van der Waals surface area contributed by atoms with Crippen LogP contribution in [-0.4, -0.2) is 44.6 Å². The van der Waals surface area contributed by atoms with Gasteiger partial charge in [0.05, 0.1) is 10.5 Å². The standard InChI is InChI=1S/C24H32N2O3S2/c1-19(12-13-20-10-6-5-7-11-20)25-31(28,29)21-14-15-23(30-2)22(18-21)24(27)26-16-8-3-4-9-17-26/h5-7,10-11,14-15,18-19,25H,3-4,8-9,12-13,16-17H2,1-2H3/t19-/m0/s1. The first kappa shape index (κ1) is 23.8. The molecule has 168 valence electrons. The maximum Gasteiger partial charge on any atom is 0.255 e. The number of likely N-dealkylation sites (tertiary alicyclic amines) is 1. The highest BCUT2D eigenvalue weighted by Gasteiger charge is 2.24. The monoisotopic (exact) mass is 460 g/mol. The first-order valence-electron chi connectivity index (χ1n) is 10.9. The Hall–Kier alpha value is -1.83. The van der Waals surface area contributed by atoms with E-state index in [1.807, 2.05) is 48.4 Å². The first-order chi connectivity index (χ1) is 14.9. The van der Waals surface area contributed by atoms with Crippen LogP contribution in [0.15, 0.2) is 58.3 Å². The Morgan fingerprint density at radius 1 is 1.06 bits per heavy atom. The Balaban J connectivity index is 1.74. The van der Waals surface area contributed by atoms with E-state index in [-0.39, 0.29) is 16.8 Å². The molecule has 3 rings (SSSR count). The molecule has 7 heteroatoms. The Labute approximate surface area is 190 Å². The second kappa shape index (κ2) is 11.2. The van der Waals surface area contributed by atoms with Gasteiger partial charge in [0.1, 0.15) is 0 Å². The molecule has 31 heavy (non-hydrogen) atoms. The molecule has 0 unspecified atom stereocenters. The van der Waals surface area contributed by atoms with Crippen molar-refractivity contribution in [3.05, 3.63) is 59.7 Å². The molecular formula is C24H32N2O3S2. The van der Waals surface area contributed by atoms with Crippen molar-refractivity contribution in [2.24, 2.45) is 0 Å². The van der Waals surface area contributed by atoms with Gasteiger partial charge >= 0.3 is 0 Å². The smallest absolute Gasteiger partial charge is 0.255 e. The fourth-order valence-electron chi connectivity index (χ4n) is 3.89. The Morgan fingerprint density at radius 3 is 2.39 bits per heavy atom. The van der Waals surface area contributed by atoms with Gasteiger partial charge in [-0.25, -0.2) is 13.1 Å². The number of nitrogens with one attached hydrogen (secondary N) is 1. The number of hydrogen-bond acceptors (Lipinski definition) is 4. The lowest BCUT2D eigenvalue weighted by molar-refractivity contribution is 0.0758. The third-order valence-electron chi connectivity index (χ3n) is 5.67. The molecule has 1 N–H and O–H groups in total. The van der Waals surface area contributed by atoms with Crippen LogP contribution in [0.1, 0.15) is 54.9 Å². The van der Waals surface area contributed by atoms with Crippen LogP contribution in [0, 0.1) is 0 Å². The summed E-state index contributed by atoms with van der Waals surface area (Å²) in [6, 6.07) is 14.7. The average Bonchev–Trinajstić information content (AvgIpc) is 3.07. The Bertz CT molecular complexity index is 970. The summed E-state index contributed by atoms with van der Waals surface area (Å²) in [4.78, 5) is 16.0. The van der Waals surface area contributed by atoms with E-state index in [2.05, 4.69) is 4.72 Å². The van der Waals surface area contributed by atoms with Gasteiger partial charge in [0.2, 0.25) is 10.0 Å². The third kappa shape index (κ3) is 6.57. The van der Waals surface area contributed by atoms with Crippen molar-refractivity contribution in [3.63, 3.8) is 0 Å². The van der Waals surface area contributed by atoms with E-state index in [0.717, 1.165) is 50.1 Å². The molecule has 0 aromatic heterocycles. The van der Waals surface area contributed by atoms with E-state index < -0.39 is 10.0 Å². The second-order valence-electron chi connectivity index (χ2n) is 8.12. The van der Waals surface area contributed by atoms with Crippen molar-refractivity contribution in [2.45, 2.75) is 61.3 Å². The van der Waals surface area contributed by atoms with Crippen molar-refractivity contribution < 1.29 is 13.2 Å². The molecule has 1 heterocycles. The van der Waals surface area contributed by atoms with Crippen LogP contribution in [0.3, 0.4) is 0 Å². The van der Waals surface area contributed by atoms with E-state index in [4.69, 9.17) is 0 Å². The highest BCUT2D eigenvalue weighted by Crippen LogP contribution is 2.26. The molecule has 1 amide bonds. The fourth-order valence-corrected chi connectivity index (χ4v) is 5.76. The van der Waals surface area contributed by atoms with Gasteiger partial charge in [0.15, 0.2) is 0 Å². The summed E-state index contributed by atoms with van der Waals surface area (Å²) < 4.78 is 28.8. The summed E-state index contributed by atoms with van der Waals surface area (Å²) in [5, 5.41) is 0. The zero-order valence-corrected chi connectivity index (χ0v) is 20.0. The molecule has 1 saturated heterocycles. The normalized spacial score (nSPS) is 16.0. The number of benzene rings is 2. The molecule has 0 radical (unpaired) electrons. The van der Waals surface area contributed by atoms with E-state index in [1.165, 1.54) is 17.3 Å². The van der Waals surface area contributed by atoms with E-state index >= 15 is 0 Å². The van der Waals surface area contributed by atoms with E-state index in [1.54, 1.807) is 18.2 Å². The van der Waals surface area contributed by atoms with Crippen LogP contribution in [-0.2, 0) is 16.4 Å². The van der Waals surface area contributed by atoms with Gasteiger partial charge in [-0.1, -0.05) is 43.2 Å². The summed E-state index contributed by atoms with van der Waals surface area (Å²) >= 11 is 1.47. The molecule has 1 fully saturated rings. The summed E-state index contributed by atoms with van der Waals surface area (Å²) in [7, 11) is -3.71. The van der Waals surface area contributed by atoms with Crippen LogP contribution < -0.4 is 4.72 Å². The average molecular weight is 461 g/mol.